The van der Waals surface area contributed by atoms with Gasteiger partial charge in [0.05, 0.1) is 0 Å². The summed E-state index contributed by atoms with van der Waals surface area (Å²) in [5.41, 5.74) is 5.12. The van der Waals surface area contributed by atoms with Crippen LogP contribution in [0.4, 0.5) is 11.4 Å². The van der Waals surface area contributed by atoms with Crippen molar-refractivity contribution in [1.82, 2.24) is 0 Å². The highest BCUT2D eigenvalue weighted by Crippen LogP contribution is 2.33. The number of rotatable bonds is 2. The quantitative estimate of drug-likeness (QED) is 0.707. The minimum atomic E-state index is 0.0432. The Morgan fingerprint density at radius 1 is 0.737 bits per heavy atom. The van der Waals surface area contributed by atoms with E-state index in [1.54, 1.807) is 0 Å². The van der Waals surface area contributed by atoms with E-state index < -0.39 is 0 Å². The Balaban J connectivity index is 2.54. The number of aryl methyl sites for hydroxylation is 2. The smallest absolute Gasteiger partial charge is 0.0418 e. The Kier molecular flexibility index (Phi) is 3.66. The van der Waals surface area contributed by atoms with Crippen LogP contribution in [0.5, 0.6) is 0 Å². The van der Waals surface area contributed by atoms with Gasteiger partial charge in [0.1, 0.15) is 0 Å². The first-order chi connectivity index (χ1) is 8.88. The molecule has 0 aliphatic rings. The van der Waals surface area contributed by atoms with E-state index in [2.05, 4.69) is 88.0 Å². The van der Waals surface area contributed by atoms with Crippen LogP contribution >= 0.6 is 0 Å². The molecule has 0 N–H and O–H groups in total. The lowest BCUT2D eigenvalue weighted by atomic mass is 10.0. The Bertz CT molecular complexity index is 518. The van der Waals surface area contributed by atoms with Crippen LogP contribution in [0, 0.1) is 13.8 Å². The van der Waals surface area contributed by atoms with Gasteiger partial charge in [0, 0.05) is 16.9 Å². The Morgan fingerprint density at radius 2 is 1.16 bits per heavy atom. The Labute approximate surface area is 116 Å². The van der Waals surface area contributed by atoms with Crippen LogP contribution in [0.25, 0.3) is 0 Å². The number of nitrogens with zero attached hydrogens (tertiary/aromatic N) is 1. The van der Waals surface area contributed by atoms with E-state index in [-0.39, 0.29) is 5.54 Å². The van der Waals surface area contributed by atoms with Gasteiger partial charge in [-0.15, -0.1) is 0 Å². The highest BCUT2D eigenvalue weighted by molar-refractivity contribution is 5.66. The summed E-state index contributed by atoms with van der Waals surface area (Å²) in [6, 6.07) is 17.4. The van der Waals surface area contributed by atoms with Crippen molar-refractivity contribution in [1.29, 1.82) is 0 Å². The van der Waals surface area contributed by atoms with Crippen molar-refractivity contribution in [2.75, 3.05) is 4.90 Å². The molecule has 1 nitrogen and oxygen atoms in total. The Morgan fingerprint density at radius 3 is 1.47 bits per heavy atom. The zero-order valence-electron chi connectivity index (χ0n) is 12.6. The summed E-state index contributed by atoms with van der Waals surface area (Å²) >= 11 is 0. The molecule has 0 aliphatic carbocycles. The van der Waals surface area contributed by atoms with Crippen LogP contribution in [-0.2, 0) is 0 Å². The van der Waals surface area contributed by atoms with E-state index in [9.17, 15) is 0 Å². The average molecular weight is 253 g/mol. The van der Waals surface area contributed by atoms with Crippen LogP contribution in [0.15, 0.2) is 48.5 Å². The molecule has 0 bridgehead atoms. The second-order valence-electron chi connectivity index (χ2n) is 6.18. The van der Waals surface area contributed by atoms with E-state index in [0.717, 1.165) is 0 Å². The molecule has 0 spiro atoms. The number of benzene rings is 2. The molecule has 1 heteroatoms. The third kappa shape index (κ3) is 3.17. The summed E-state index contributed by atoms with van der Waals surface area (Å²) in [7, 11) is 0. The van der Waals surface area contributed by atoms with Gasteiger partial charge in [0.15, 0.2) is 0 Å². The lowest BCUT2D eigenvalue weighted by Gasteiger charge is -2.38. The van der Waals surface area contributed by atoms with E-state index in [0.29, 0.717) is 0 Å². The van der Waals surface area contributed by atoms with E-state index >= 15 is 0 Å². The van der Waals surface area contributed by atoms with Gasteiger partial charge in [-0.05, 0) is 70.0 Å². The van der Waals surface area contributed by atoms with Crippen molar-refractivity contribution < 1.29 is 0 Å². The first kappa shape index (κ1) is 13.7. The minimum Gasteiger partial charge on any atom is -0.336 e. The summed E-state index contributed by atoms with van der Waals surface area (Å²) < 4.78 is 0. The molecule has 0 saturated carbocycles. The molecule has 0 saturated heterocycles. The first-order valence-electron chi connectivity index (χ1n) is 6.81. The SMILES string of the molecule is Cc1cccc(N(c2cccc(C)c2)C(C)(C)C)c1. The topological polar surface area (TPSA) is 3.24 Å². The number of hydrogen-bond acceptors (Lipinski definition) is 1. The fraction of sp³-hybridized carbons (Fsp3) is 0.333. The number of hydrogen-bond donors (Lipinski definition) is 0. The lowest BCUT2D eigenvalue weighted by molar-refractivity contribution is 0.560. The molecule has 0 amide bonds. The molecule has 0 radical (unpaired) electrons. The molecular formula is C18H23N. The van der Waals surface area contributed by atoms with Crippen molar-refractivity contribution in [3.63, 3.8) is 0 Å². The van der Waals surface area contributed by atoms with Crippen molar-refractivity contribution in [2.24, 2.45) is 0 Å². The zero-order chi connectivity index (χ0) is 14.0. The van der Waals surface area contributed by atoms with Gasteiger partial charge in [0.25, 0.3) is 0 Å². The first-order valence-corrected chi connectivity index (χ1v) is 6.81. The number of anilines is 2. The van der Waals surface area contributed by atoms with Gasteiger partial charge in [-0.25, -0.2) is 0 Å². The molecule has 19 heavy (non-hydrogen) atoms. The third-order valence-corrected chi connectivity index (χ3v) is 3.19. The molecule has 2 rings (SSSR count). The van der Waals surface area contributed by atoms with Gasteiger partial charge >= 0.3 is 0 Å². The molecule has 0 atom stereocenters. The summed E-state index contributed by atoms with van der Waals surface area (Å²) in [5.74, 6) is 0. The van der Waals surface area contributed by atoms with E-state index in [1.165, 1.54) is 22.5 Å². The summed E-state index contributed by atoms with van der Waals surface area (Å²) in [4.78, 5) is 2.40. The van der Waals surface area contributed by atoms with Crippen LogP contribution in [-0.4, -0.2) is 5.54 Å². The molecule has 0 fully saturated rings. The predicted molar refractivity (Wildman–Crippen MR) is 84.3 cm³/mol. The third-order valence-electron chi connectivity index (χ3n) is 3.19. The molecule has 0 unspecified atom stereocenters. The molecule has 0 aromatic heterocycles. The van der Waals surface area contributed by atoms with Crippen LogP contribution in [0.1, 0.15) is 31.9 Å². The Hall–Kier alpha value is -1.76. The van der Waals surface area contributed by atoms with E-state index in [4.69, 9.17) is 0 Å². The summed E-state index contributed by atoms with van der Waals surface area (Å²) in [5, 5.41) is 0. The summed E-state index contributed by atoms with van der Waals surface area (Å²) in [6.45, 7) is 11.0. The average Bonchev–Trinajstić information content (AvgIpc) is 2.27. The fourth-order valence-electron chi connectivity index (χ4n) is 2.46. The van der Waals surface area contributed by atoms with Crippen LogP contribution in [0.2, 0.25) is 0 Å². The largest absolute Gasteiger partial charge is 0.336 e. The van der Waals surface area contributed by atoms with Crippen molar-refractivity contribution in [3.8, 4) is 0 Å². The fourth-order valence-corrected chi connectivity index (χ4v) is 2.46. The maximum absolute atomic E-state index is 2.40. The molecular weight excluding hydrogens is 230 g/mol. The van der Waals surface area contributed by atoms with Crippen LogP contribution in [0.3, 0.4) is 0 Å². The van der Waals surface area contributed by atoms with Crippen molar-refractivity contribution in [3.05, 3.63) is 59.7 Å². The monoisotopic (exact) mass is 253 g/mol. The zero-order valence-corrected chi connectivity index (χ0v) is 12.6. The van der Waals surface area contributed by atoms with Crippen LogP contribution < -0.4 is 4.90 Å². The van der Waals surface area contributed by atoms with Gasteiger partial charge in [-0.1, -0.05) is 24.3 Å². The standard InChI is InChI=1S/C18H23N/c1-14-8-6-10-16(12-14)19(18(3,4)5)17-11-7-9-15(2)13-17/h6-13H,1-5H3. The molecule has 0 aliphatic heterocycles. The maximum atomic E-state index is 2.40. The van der Waals surface area contributed by atoms with Gasteiger partial charge in [-0.2, -0.15) is 0 Å². The maximum Gasteiger partial charge on any atom is 0.0418 e. The normalized spacial score (nSPS) is 11.4. The van der Waals surface area contributed by atoms with E-state index in [1.807, 2.05) is 0 Å². The minimum absolute atomic E-state index is 0.0432. The van der Waals surface area contributed by atoms with Gasteiger partial charge in [-0.3, -0.25) is 0 Å². The highest BCUT2D eigenvalue weighted by atomic mass is 15.2. The second-order valence-corrected chi connectivity index (χ2v) is 6.18. The predicted octanol–water partition coefficient (Wildman–Crippen LogP) is 5.24. The summed E-state index contributed by atoms with van der Waals surface area (Å²) in [6.07, 6.45) is 0. The van der Waals surface area contributed by atoms with Crippen molar-refractivity contribution >= 4 is 11.4 Å². The van der Waals surface area contributed by atoms with Gasteiger partial charge < -0.3 is 4.90 Å². The molecule has 0 heterocycles. The molecule has 2 aromatic carbocycles. The van der Waals surface area contributed by atoms with Gasteiger partial charge in [0.2, 0.25) is 0 Å². The molecule has 100 valence electrons. The molecule has 2 aromatic rings. The van der Waals surface area contributed by atoms with Crippen molar-refractivity contribution in [2.45, 2.75) is 40.2 Å². The highest BCUT2D eigenvalue weighted by Gasteiger charge is 2.23. The second kappa shape index (κ2) is 5.08. The lowest BCUT2D eigenvalue weighted by Crippen LogP contribution is -2.37.